The number of rotatable bonds is 6. The summed E-state index contributed by atoms with van der Waals surface area (Å²) in [5.41, 5.74) is 1.39. The first kappa shape index (κ1) is 20.1. The van der Waals surface area contributed by atoms with Crippen molar-refractivity contribution in [2.24, 2.45) is 0 Å². The molecule has 3 aromatic rings. The molecule has 146 valence electrons. The minimum atomic E-state index is -2.67. The number of amides is 1. The molecule has 0 spiro atoms. The van der Waals surface area contributed by atoms with Crippen LogP contribution in [0.5, 0.6) is 5.75 Å². The highest BCUT2D eigenvalue weighted by atomic mass is 35.5. The molecule has 1 heterocycles. The second-order valence-corrected chi connectivity index (χ2v) is 6.99. The van der Waals surface area contributed by atoms with Crippen LogP contribution in [-0.2, 0) is 0 Å². The number of hydrogen-bond acceptors (Lipinski definition) is 5. The van der Waals surface area contributed by atoms with Crippen molar-refractivity contribution in [2.45, 2.75) is 17.6 Å². The minimum absolute atomic E-state index is 0.0655. The number of ether oxygens (including phenoxy) is 1. The molecule has 0 saturated heterocycles. The van der Waals surface area contributed by atoms with Crippen LogP contribution in [0.3, 0.4) is 0 Å². The van der Waals surface area contributed by atoms with Crippen molar-refractivity contribution < 1.29 is 18.3 Å². The van der Waals surface area contributed by atoms with Gasteiger partial charge in [-0.15, -0.1) is 5.10 Å². The van der Waals surface area contributed by atoms with Crippen LogP contribution < -0.4 is 10.1 Å². The van der Waals surface area contributed by atoms with E-state index in [1.54, 1.807) is 44.4 Å². The molecule has 0 aliphatic rings. The van der Waals surface area contributed by atoms with Crippen molar-refractivity contribution in [3.63, 3.8) is 0 Å². The van der Waals surface area contributed by atoms with Gasteiger partial charge in [-0.05, 0) is 31.2 Å². The predicted octanol–water partition coefficient (Wildman–Crippen LogP) is 4.80. The fourth-order valence-electron chi connectivity index (χ4n) is 2.52. The van der Waals surface area contributed by atoms with Crippen molar-refractivity contribution in [2.75, 3.05) is 12.4 Å². The summed E-state index contributed by atoms with van der Waals surface area (Å²) in [7, 11) is 1.55. The van der Waals surface area contributed by atoms with Gasteiger partial charge in [-0.3, -0.25) is 4.79 Å². The van der Waals surface area contributed by atoms with E-state index < -0.39 is 11.7 Å². The normalized spacial score (nSPS) is 10.9. The third-order valence-electron chi connectivity index (χ3n) is 3.83. The Balaban J connectivity index is 1.89. The Hall–Kier alpha value is -2.65. The summed E-state index contributed by atoms with van der Waals surface area (Å²) < 4.78 is 32.3. The summed E-state index contributed by atoms with van der Waals surface area (Å²) in [6.07, 6.45) is 0. The van der Waals surface area contributed by atoms with Crippen molar-refractivity contribution in [1.29, 1.82) is 0 Å². The number of aromatic nitrogens is 3. The number of thioether (sulfide) groups is 1. The zero-order chi connectivity index (χ0) is 20.3. The second kappa shape index (κ2) is 8.57. The summed E-state index contributed by atoms with van der Waals surface area (Å²) in [4.78, 5) is 12.7. The Morgan fingerprint density at radius 2 is 2.04 bits per heavy atom. The van der Waals surface area contributed by atoms with Crippen LogP contribution in [0.15, 0.2) is 47.4 Å². The number of carbonyl (C=O) groups excluding carboxylic acids is 1. The number of carbonyl (C=O) groups is 1. The number of halogens is 3. The topological polar surface area (TPSA) is 69.0 Å². The predicted molar refractivity (Wildman–Crippen MR) is 104 cm³/mol. The number of hydrogen-bond donors (Lipinski definition) is 1. The van der Waals surface area contributed by atoms with E-state index in [9.17, 15) is 13.6 Å². The molecule has 0 atom stereocenters. The molecule has 3 rings (SSSR count). The second-order valence-electron chi connectivity index (χ2n) is 5.59. The number of methoxy groups -OCH3 is 1. The standard InChI is InChI=1S/C18H15ClF2N4O2S/c1-10-15(23-24-25(10)11-5-3-6-12(9-11)27-2)17(26)22-14-8-4-7-13(19)16(14)28-18(20)21/h3-9,18H,1-2H3,(H,22,26). The molecule has 10 heteroatoms. The zero-order valence-electron chi connectivity index (χ0n) is 14.8. The van der Waals surface area contributed by atoms with E-state index in [1.165, 1.54) is 16.8 Å². The van der Waals surface area contributed by atoms with Crippen molar-refractivity contribution >= 4 is 35.0 Å². The maximum atomic E-state index is 12.8. The van der Waals surface area contributed by atoms with Gasteiger partial charge < -0.3 is 10.1 Å². The SMILES string of the molecule is COc1cccc(-n2nnc(C(=O)Nc3cccc(Cl)c3SC(F)F)c2C)c1. The van der Waals surface area contributed by atoms with Crippen LogP contribution in [0.1, 0.15) is 16.2 Å². The molecule has 28 heavy (non-hydrogen) atoms. The van der Waals surface area contributed by atoms with Gasteiger partial charge in [0, 0.05) is 6.07 Å². The fourth-order valence-corrected chi connectivity index (χ4v) is 3.44. The molecule has 0 unspecified atom stereocenters. The van der Waals surface area contributed by atoms with E-state index in [2.05, 4.69) is 15.6 Å². The summed E-state index contributed by atoms with van der Waals surface area (Å²) in [5.74, 6) is -2.62. The number of anilines is 1. The smallest absolute Gasteiger partial charge is 0.289 e. The minimum Gasteiger partial charge on any atom is -0.497 e. The van der Waals surface area contributed by atoms with Crippen LogP contribution in [0.2, 0.25) is 5.02 Å². The fraction of sp³-hybridized carbons (Fsp3) is 0.167. The lowest BCUT2D eigenvalue weighted by Crippen LogP contribution is -2.15. The Morgan fingerprint density at radius 3 is 2.75 bits per heavy atom. The van der Waals surface area contributed by atoms with E-state index >= 15 is 0 Å². The van der Waals surface area contributed by atoms with E-state index in [1.807, 2.05) is 0 Å². The average Bonchev–Trinajstić information content (AvgIpc) is 3.06. The van der Waals surface area contributed by atoms with Crippen LogP contribution in [0.25, 0.3) is 5.69 Å². The van der Waals surface area contributed by atoms with Crippen molar-refractivity contribution in [3.8, 4) is 11.4 Å². The van der Waals surface area contributed by atoms with Gasteiger partial charge in [-0.1, -0.05) is 40.7 Å². The number of alkyl halides is 2. The highest BCUT2D eigenvalue weighted by Gasteiger charge is 2.21. The van der Waals surface area contributed by atoms with Gasteiger partial charge in [0.05, 0.1) is 34.1 Å². The third-order valence-corrected chi connectivity index (χ3v) is 5.11. The zero-order valence-corrected chi connectivity index (χ0v) is 16.4. The van der Waals surface area contributed by atoms with Crippen LogP contribution >= 0.6 is 23.4 Å². The average molecular weight is 425 g/mol. The van der Waals surface area contributed by atoms with Gasteiger partial charge in [0.15, 0.2) is 5.69 Å². The van der Waals surface area contributed by atoms with Gasteiger partial charge in [0.2, 0.25) is 0 Å². The van der Waals surface area contributed by atoms with Gasteiger partial charge in [-0.2, -0.15) is 8.78 Å². The lowest BCUT2D eigenvalue weighted by molar-refractivity contribution is 0.102. The van der Waals surface area contributed by atoms with Gasteiger partial charge in [-0.25, -0.2) is 4.68 Å². The Labute approximate surface area is 168 Å². The van der Waals surface area contributed by atoms with Gasteiger partial charge >= 0.3 is 0 Å². The summed E-state index contributed by atoms with van der Waals surface area (Å²) in [6, 6.07) is 11.6. The molecule has 2 aromatic carbocycles. The molecule has 1 N–H and O–H groups in total. The van der Waals surface area contributed by atoms with E-state index in [0.29, 0.717) is 17.1 Å². The van der Waals surface area contributed by atoms with E-state index in [-0.39, 0.29) is 33.1 Å². The molecule has 1 amide bonds. The molecule has 0 fully saturated rings. The Bertz CT molecular complexity index is 1010. The van der Waals surface area contributed by atoms with Crippen molar-refractivity contribution in [3.05, 3.63) is 58.9 Å². The third kappa shape index (κ3) is 4.26. The molecule has 1 aromatic heterocycles. The van der Waals surface area contributed by atoms with Crippen LogP contribution in [0, 0.1) is 6.92 Å². The first-order valence-corrected chi connectivity index (χ1v) is 9.28. The van der Waals surface area contributed by atoms with E-state index in [0.717, 1.165) is 0 Å². The monoisotopic (exact) mass is 424 g/mol. The summed E-state index contributed by atoms with van der Waals surface area (Å²) in [6.45, 7) is 1.68. The molecule has 0 aliphatic heterocycles. The van der Waals surface area contributed by atoms with E-state index in [4.69, 9.17) is 16.3 Å². The molecular weight excluding hydrogens is 410 g/mol. The Kier molecular flexibility index (Phi) is 6.15. The summed E-state index contributed by atoms with van der Waals surface area (Å²) >= 11 is 6.26. The van der Waals surface area contributed by atoms with Crippen molar-refractivity contribution in [1.82, 2.24) is 15.0 Å². The van der Waals surface area contributed by atoms with Gasteiger partial charge in [0.25, 0.3) is 11.7 Å². The largest absolute Gasteiger partial charge is 0.497 e. The highest BCUT2D eigenvalue weighted by Crippen LogP contribution is 2.37. The molecule has 6 nitrogen and oxygen atoms in total. The molecule has 0 radical (unpaired) electrons. The quantitative estimate of drug-likeness (QED) is 0.575. The van der Waals surface area contributed by atoms with Gasteiger partial charge in [0.1, 0.15) is 5.75 Å². The lowest BCUT2D eigenvalue weighted by Gasteiger charge is -2.11. The lowest BCUT2D eigenvalue weighted by atomic mass is 10.2. The molecule has 0 aliphatic carbocycles. The number of benzene rings is 2. The number of nitrogens with one attached hydrogen (secondary N) is 1. The first-order chi connectivity index (χ1) is 13.4. The summed E-state index contributed by atoms with van der Waals surface area (Å²) in [5, 5.41) is 10.6. The maximum absolute atomic E-state index is 12.8. The number of nitrogens with zero attached hydrogens (tertiary/aromatic N) is 3. The molecule has 0 bridgehead atoms. The Morgan fingerprint density at radius 1 is 1.29 bits per heavy atom. The maximum Gasteiger partial charge on any atom is 0.289 e. The van der Waals surface area contributed by atoms with Crippen LogP contribution in [-0.4, -0.2) is 33.8 Å². The molecule has 0 saturated carbocycles. The van der Waals surface area contributed by atoms with Crippen LogP contribution in [0.4, 0.5) is 14.5 Å². The highest BCUT2D eigenvalue weighted by molar-refractivity contribution is 7.99. The first-order valence-electron chi connectivity index (χ1n) is 8.02. The molecular formula is C18H15ClF2N4O2S.